The van der Waals surface area contributed by atoms with E-state index in [2.05, 4.69) is 20.2 Å². The van der Waals surface area contributed by atoms with Crippen molar-refractivity contribution in [1.82, 2.24) is 20.1 Å². The minimum absolute atomic E-state index is 0.0158. The lowest BCUT2D eigenvalue weighted by Gasteiger charge is -2.19. The highest BCUT2D eigenvalue weighted by Gasteiger charge is 2.30. The number of aromatic amines is 1. The van der Waals surface area contributed by atoms with Gasteiger partial charge in [-0.25, -0.2) is 13.8 Å². The zero-order valence-electron chi connectivity index (χ0n) is 16.7. The first-order chi connectivity index (χ1) is 15.8. The Morgan fingerprint density at radius 3 is 2.61 bits per heavy atom. The molecule has 0 fully saturated rings. The topological polar surface area (TPSA) is 70.3 Å². The Bertz CT molecular complexity index is 1340. The molecule has 2 aromatic carbocycles. The number of fused-ring (bicyclic) bond motifs is 1. The van der Waals surface area contributed by atoms with Crippen molar-refractivity contribution in [3.05, 3.63) is 82.8 Å². The van der Waals surface area contributed by atoms with Crippen LogP contribution in [0.15, 0.2) is 58.2 Å². The van der Waals surface area contributed by atoms with E-state index in [9.17, 15) is 22.0 Å². The molecule has 2 aromatic heterocycles. The first-order valence-corrected chi connectivity index (χ1v) is 9.73. The summed E-state index contributed by atoms with van der Waals surface area (Å²) in [6, 6.07) is 10.1. The van der Waals surface area contributed by atoms with Crippen LogP contribution < -0.4 is 0 Å². The van der Waals surface area contributed by atoms with Crippen LogP contribution in [0, 0.1) is 11.6 Å². The van der Waals surface area contributed by atoms with Crippen molar-refractivity contribution in [2.45, 2.75) is 19.3 Å². The van der Waals surface area contributed by atoms with Crippen molar-refractivity contribution in [1.29, 1.82) is 0 Å². The van der Waals surface area contributed by atoms with Crippen molar-refractivity contribution in [3.63, 3.8) is 0 Å². The lowest BCUT2D eigenvalue weighted by atomic mass is 10.1. The molecule has 4 aromatic rings. The highest BCUT2D eigenvalue weighted by Crippen LogP contribution is 2.31. The van der Waals surface area contributed by atoms with Crippen molar-refractivity contribution < 1.29 is 26.5 Å². The standard InChI is InChI=1S/C22H14F5N5O/c23-16-3-1-2-15(20(16)24)21-29-17-9-28-32(11-18(17)30-21)10-14-8-19(33-31-14)12-4-6-13(7-5-12)22(25,26)27/h1-9H,10-11H2,(H,29,30). The number of nitrogens with one attached hydrogen (secondary N) is 1. The predicted octanol–water partition coefficient (Wildman–Crippen LogP) is 5.38. The summed E-state index contributed by atoms with van der Waals surface area (Å²) in [6.45, 7) is 0.526. The van der Waals surface area contributed by atoms with Gasteiger partial charge in [0.15, 0.2) is 17.4 Å². The highest BCUT2D eigenvalue weighted by molar-refractivity contribution is 5.80. The van der Waals surface area contributed by atoms with Gasteiger partial charge in [-0.15, -0.1) is 0 Å². The molecule has 0 atom stereocenters. The maximum absolute atomic E-state index is 14.1. The molecule has 168 valence electrons. The zero-order chi connectivity index (χ0) is 23.2. The van der Waals surface area contributed by atoms with Crippen LogP contribution in [0.1, 0.15) is 22.6 Å². The largest absolute Gasteiger partial charge is 0.416 e. The third-order valence-corrected chi connectivity index (χ3v) is 5.10. The normalized spacial score (nSPS) is 13.4. The molecule has 0 radical (unpaired) electrons. The molecule has 0 bridgehead atoms. The van der Waals surface area contributed by atoms with Crippen molar-refractivity contribution >= 4 is 6.21 Å². The molecule has 3 heterocycles. The van der Waals surface area contributed by atoms with Gasteiger partial charge in [-0.05, 0) is 24.3 Å². The smallest absolute Gasteiger partial charge is 0.356 e. The molecule has 0 unspecified atom stereocenters. The third kappa shape index (κ3) is 4.09. The Labute approximate surface area is 183 Å². The molecule has 1 aliphatic rings. The number of alkyl halides is 3. The number of imidazole rings is 1. The number of rotatable bonds is 4. The highest BCUT2D eigenvalue weighted by atomic mass is 19.4. The fraction of sp³-hybridized carbons (Fsp3) is 0.136. The van der Waals surface area contributed by atoms with Gasteiger partial charge in [0.05, 0.1) is 41.8 Å². The SMILES string of the molecule is Fc1cccc(-c2nc3c([nH]2)C=NN(Cc2cc(-c4ccc(C(F)(F)F)cc4)on2)C3)c1F. The number of halogens is 5. The fourth-order valence-electron chi connectivity index (χ4n) is 3.45. The third-order valence-electron chi connectivity index (χ3n) is 5.10. The first-order valence-electron chi connectivity index (χ1n) is 9.73. The Hall–Kier alpha value is -4.02. The van der Waals surface area contributed by atoms with Crippen LogP contribution in [0.3, 0.4) is 0 Å². The molecule has 1 aliphatic heterocycles. The molecule has 33 heavy (non-hydrogen) atoms. The van der Waals surface area contributed by atoms with Crippen molar-refractivity contribution in [2.75, 3.05) is 0 Å². The monoisotopic (exact) mass is 459 g/mol. The average molecular weight is 459 g/mol. The minimum Gasteiger partial charge on any atom is -0.356 e. The van der Waals surface area contributed by atoms with Gasteiger partial charge in [0.25, 0.3) is 0 Å². The molecule has 0 spiro atoms. The molecular formula is C22H14F5N5O. The van der Waals surface area contributed by atoms with E-state index in [0.717, 1.165) is 18.2 Å². The molecule has 0 amide bonds. The van der Waals surface area contributed by atoms with Crippen molar-refractivity contribution in [3.8, 4) is 22.7 Å². The van der Waals surface area contributed by atoms with E-state index in [1.807, 2.05) is 0 Å². The van der Waals surface area contributed by atoms with Crippen LogP contribution in [-0.4, -0.2) is 26.3 Å². The first kappa shape index (κ1) is 20.9. The lowest BCUT2D eigenvalue weighted by Crippen LogP contribution is -2.21. The maximum Gasteiger partial charge on any atom is 0.416 e. The van der Waals surface area contributed by atoms with Crippen molar-refractivity contribution in [2.24, 2.45) is 5.10 Å². The molecule has 1 N–H and O–H groups in total. The van der Waals surface area contributed by atoms with Crippen LogP contribution in [0.5, 0.6) is 0 Å². The van der Waals surface area contributed by atoms with E-state index in [1.165, 1.54) is 30.5 Å². The van der Waals surface area contributed by atoms with Crippen LogP contribution in [0.2, 0.25) is 0 Å². The van der Waals surface area contributed by atoms with Gasteiger partial charge in [0, 0.05) is 11.6 Å². The van der Waals surface area contributed by atoms with Gasteiger partial charge >= 0.3 is 6.18 Å². The van der Waals surface area contributed by atoms with E-state index in [1.54, 1.807) is 11.1 Å². The summed E-state index contributed by atoms with van der Waals surface area (Å²) in [4.78, 5) is 7.30. The summed E-state index contributed by atoms with van der Waals surface area (Å²) in [6.07, 6.45) is -2.90. The van der Waals surface area contributed by atoms with Gasteiger partial charge in [-0.1, -0.05) is 23.4 Å². The van der Waals surface area contributed by atoms with Crippen LogP contribution in [0.4, 0.5) is 22.0 Å². The molecule has 5 rings (SSSR count). The number of hydrogen-bond donors (Lipinski definition) is 1. The van der Waals surface area contributed by atoms with Gasteiger partial charge < -0.3 is 9.51 Å². The van der Waals surface area contributed by atoms with E-state index >= 15 is 0 Å². The van der Waals surface area contributed by atoms with Gasteiger partial charge in [0.1, 0.15) is 11.5 Å². The quantitative estimate of drug-likeness (QED) is 0.416. The summed E-state index contributed by atoms with van der Waals surface area (Å²) < 4.78 is 71.1. The van der Waals surface area contributed by atoms with Crippen LogP contribution in [-0.2, 0) is 19.3 Å². The van der Waals surface area contributed by atoms with Gasteiger partial charge in [0.2, 0.25) is 0 Å². The Kier molecular flexibility index (Phi) is 4.95. The number of benzene rings is 2. The molecule has 6 nitrogen and oxygen atoms in total. The number of nitrogens with zero attached hydrogens (tertiary/aromatic N) is 4. The number of hydrazone groups is 1. The Balaban J connectivity index is 1.30. The molecule has 11 heteroatoms. The van der Waals surface area contributed by atoms with Crippen LogP contribution in [0.25, 0.3) is 22.7 Å². The zero-order valence-corrected chi connectivity index (χ0v) is 16.7. The van der Waals surface area contributed by atoms with Crippen LogP contribution >= 0.6 is 0 Å². The summed E-state index contributed by atoms with van der Waals surface area (Å²) in [5, 5.41) is 9.89. The molecule has 0 aliphatic carbocycles. The van der Waals surface area contributed by atoms with E-state index in [0.29, 0.717) is 28.4 Å². The van der Waals surface area contributed by atoms with E-state index in [4.69, 9.17) is 4.52 Å². The summed E-state index contributed by atoms with van der Waals surface area (Å²) in [5.41, 5.74) is 1.41. The maximum atomic E-state index is 14.1. The average Bonchev–Trinajstić information content (AvgIpc) is 3.42. The lowest BCUT2D eigenvalue weighted by molar-refractivity contribution is -0.137. The summed E-state index contributed by atoms with van der Waals surface area (Å²) in [7, 11) is 0. The minimum atomic E-state index is -4.41. The Morgan fingerprint density at radius 2 is 1.85 bits per heavy atom. The predicted molar refractivity (Wildman–Crippen MR) is 108 cm³/mol. The molecule has 0 saturated heterocycles. The number of hydrogen-bond acceptors (Lipinski definition) is 5. The van der Waals surface area contributed by atoms with Gasteiger partial charge in [-0.3, -0.25) is 5.01 Å². The summed E-state index contributed by atoms with van der Waals surface area (Å²) in [5.74, 6) is -1.44. The number of H-pyrrole nitrogens is 1. The molecule has 0 saturated carbocycles. The fourth-order valence-corrected chi connectivity index (χ4v) is 3.45. The number of aromatic nitrogens is 3. The van der Waals surface area contributed by atoms with E-state index < -0.39 is 23.4 Å². The second kappa shape index (κ2) is 7.84. The molecular weight excluding hydrogens is 445 g/mol. The van der Waals surface area contributed by atoms with E-state index in [-0.39, 0.29) is 24.5 Å². The second-order valence-electron chi connectivity index (χ2n) is 7.37. The summed E-state index contributed by atoms with van der Waals surface area (Å²) >= 11 is 0. The Morgan fingerprint density at radius 1 is 1.06 bits per heavy atom. The van der Waals surface area contributed by atoms with Gasteiger partial charge in [-0.2, -0.15) is 18.3 Å². The second-order valence-corrected chi connectivity index (χ2v) is 7.37.